The van der Waals surface area contributed by atoms with E-state index in [2.05, 4.69) is 0 Å². The van der Waals surface area contributed by atoms with E-state index < -0.39 is 17.0 Å². The maximum absolute atomic E-state index is 12.4. The van der Waals surface area contributed by atoms with Gasteiger partial charge in [0, 0.05) is 0 Å². The Bertz CT molecular complexity index is 607. The van der Waals surface area contributed by atoms with Gasteiger partial charge in [0.1, 0.15) is 5.60 Å². The van der Waals surface area contributed by atoms with E-state index in [1.165, 1.54) is 0 Å². The minimum absolute atomic E-state index is 0.291. The van der Waals surface area contributed by atoms with Crippen LogP contribution in [0.2, 0.25) is 0 Å². The van der Waals surface area contributed by atoms with Crippen molar-refractivity contribution in [2.24, 2.45) is 5.41 Å². The van der Waals surface area contributed by atoms with E-state index in [-0.39, 0.29) is 5.97 Å². The van der Waals surface area contributed by atoms with Gasteiger partial charge in [-0.3, -0.25) is 4.79 Å². The van der Waals surface area contributed by atoms with Crippen molar-refractivity contribution in [3.05, 3.63) is 35.4 Å². The molecule has 0 amide bonds. The van der Waals surface area contributed by atoms with Crippen LogP contribution in [0.25, 0.3) is 0 Å². The van der Waals surface area contributed by atoms with Crippen LogP contribution < -0.4 is 0 Å². The molecule has 0 heterocycles. The second kappa shape index (κ2) is 8.03. The molecule has 0 atom stereocenters. The molecule has 0 saturated heterocycles. The second-order valence-corrected chi connectivity index (χ2v) is 8.16. The summed E-state index contributed by atoms with van der Waals surface area (Å²) < 4.78 is 5.48. The van der Waals surface area contributed by atoms with E-state index >= 15 is 0 Å². The molecule has 1 saturated carbocycles. The van der Waals surface area contributed by atoms with E-state index in [0.717, 1.165) is 56.9 Å². The summed E-state index contributed by atoms with van der Waals surface area (Å²) in [6.45, 7) is 5.58. The van der Waals surface area contributed by atoms with Crippen molar-refractivity contribution in [1.82, 2.24) is 0 Å². The molecule has 1 aliphatic carbocycles. The minimum Gasteiger partial charge on any atom is -0.481 e. The normalized spacial score (nSPS) is 16.6. The van der Waals surface area contributed by atoms with Gasteiger partial charge in [0.05, 0.1) is 11.0 Å². The molecule has 4 nitrogen and oxygen atoms in total. The van der Waals surface area contributed by atoms with Crippen molar-refractivity contribution >= 4 is 11.9 Å². The summed E-state index contributed by atoms with van der Waals surface area (Å²) in [5, 5.41) is 9.54. The third kappa shape index (κ3) is 5.32. The van der Waals surface area contributed by atoms with E-state index in [1.54, 1.807) is 6.07 Å². The average Bonchev–Trinajstić information content (AvgIpc) is 3.00. The van der Waals surface area contributed by atoms with Gasteiger partial charge >= 0.3 is 11.9 Å². The molecule has 0 aliphatic heterocycles. The summed E-state index contributed by atoms with van der Waals surface area (Å²) in [4.78, 5) is 24.0. The number of carboxylic acid groups (broad SMARTS) is 1. The lowest BCUT2D eigenvalue weighted by Gasteiger charge is -2.23. The van der Waals surface area contributed by atoms with Crippen molar-refractivity contribution in [1.29, 1.82) is 0 Å². The van der Waals surface area contributed by atoms with Crippen molar-refractivity contribution in [2.45, 2.75) is 77.7 Å². The number of carbonyl (C=O) groups excluding carboxylic acids is 1. The summed E-state index contributed by atoms with van der Waals surface area (Å²) in [6.07, 6.45) is 6.90. The number of esters is 1. The van der Waals surface area contributed by atoms with Gasteiger partial charge in [-0.15, -0.1) is 0 Å². The van der Waals surface area contributed by atoms with Crippen molar-refractivity contribution in [3.8, 4) is 0 Å². The van der Waals surface area contributed by atoms with Gasteiger partial charge in [0.25, 0.3) is 0 Å². The quantitative estimate of drug-likeness (QED) is 0.557. The van der Waals surface area contributed by atoms with Crippen LogP contribution in [0.5, 0.6) is 0 Å². The molecular formula is C21H30O4. The van der Waals surface area contributed by atoms with Crippen molar-refractivity contribution in [2.75, 3.05) is 0 Å². The molecule has 1 N–H and O–H groups in total. The Morgan fingerprint density at radius 2 is 1.76 bits per heavy atom. The number of aliphatic carboxylic acids is 1. The zero-order valence-corrected chi connectivity index (χ0v) is 15.6. The molecule has 2 rings (SSSR count). The zero-order chi connectivity index (χ0) is 18.5. The van der Waals surface area contributed by atoms with E-state index in [0.29, 0.717) is 5.56 Å². The fraction of sp³-hybridized carbons (Fsp3) is 0.619. The topological polar surface area (TPSA) is 63.6 Å². The van der Waals surface area contributed by atoms with Gasteiger partial charge < -0.3 is 9.84 Å². The number of aryl methyl sites for hydroxylation is 1. The zero-order valence-electron chi connectivity index (χ0n) is 15.6. The van der Waals surface area contributed by atoms with Crippen LogP contribution >= 0.6 is 0 Å². The van der Waals surface area contributed by atoms with Gasteiger partial charge in [-0.1, -0.05) is 37.5 Å². The number of carbonyl (C=O) groups is 2. The van der Waals surface area contributed by atoms with Crippen LogP contribution in [0.3, 0.4) is 0 Å². The largest absolute Gasteiger partial charge is 0.481 e. The lowest BCUT2D eigenvalue weighted by Crippen LogP contribution is -2.27. The molecule has 0 aromatic heterocycles. The van der Waals surface area contributed by atoms with Gasteiger partial charge in [0.15, 0.2) is 0 Å². The predicted molar refractivity (Wildman–Crippen MR) is 97.7 cm³/mol. The van der Waals surface area contributed by atoms with Crippen molar-refractivity contribution in [3.63, 3.8) is 0 Å². The van der Waals surface area contributed by atoms with Crippen LogP contribution in [-0.2, 0) is 16.0 Å². The SMILES string of the molecule is CC(C)(C)OC(=O)c1ccccc1CCCCC1(C(=O)O)CCCC1. The highest BCUT2D eigenvalue weighted by Gasteiger charge is 2.40. The van der Waals surface area contributed by atoms with E-state index in [1.807, 2.05) is 39.0 Å². The lowest BCUT2D eigenvalue weighted by molar-refractivity contribution is -0.149. The monoisotopic (exact) mass is 346 g/mol. The summed E-state index contributed by atoms with van der Waals surface area (Å²) in [6, 6.07) is 7.54. The number of benzene rings is 1. The second-order valence-electron chi connectivity index (χ2n) is 8.16. The van der Waals surface area contributed by atoms with Crippen LogP contribution in [0.15, 0.2) is 24.3 Å². The standard InChI is InChI=1S/C21H30O4/c1-20(2,3)25-18(22)17-12-5-4-10-16(17)11-6-7-13-21(19(23)24)14-8-9-15-21/h4-5,10,12H,6-9,11,13-15H2,1-3H3,(H,23,24). The highest BCUT2D eigenvalue weighted by Crippen LogP contribution is 2.42. The molecule has 0 unspecified atom stereocenters. The number of hydrogen-bond acceptors (Lipinski definition) is 3. The molecule has 1 fully saturated rings. The highest BCUT2D eigenvalue weighted by molar-refractivity contribution is 5.91. The summed E-state index contributed by atoms with van der Waals surface area (Å²) in [5.41, 5.74) is 0.573. The van der Waals surface area contributed by atoms with Gasteiger partial charge in [-0.25, -0.2) is 4.79 Å². The maximum Gasteiger partial charge on any atom is 0.338 e. The van der Waals surface area contributed by atoms with Crippen molar-refractivity contribution < 1.29 is 19.4 Å². The van der Waals surface area contributed by atoms with Gasteiger partial charge in [-0.05, 0) is 64.5 Å². The van der Waals surface area contributed by atoms with Gasteiger partial charge in [0.2, 0.25) is 0 Å². The Labute approximate surface area is 150 Å². The maximum atomic E-state index is 12.4. The number of ether oxygens (including phenoxy) is 1. The molecule has 25 heavy (non-hydrogen) atoms. The first-order chi connectivity index (χ1) is 11.7. The molecule has 1 aliphatic rings. The van der Waals surface area contributed by atoms with Crippen LogP contribution in [0, 0.1) is 5.41 Å². The molecule has 1 aromatic carbocycles. The number of hydrogen-bond donors (Lipinski definition) is 1. The predicted octanol–water partition coefficient (Wildman–Crippen LogP) is 5.00. The van der Waals surface area contributed by atoms with Crippen LogP contribution in [-0.4, -0.2) is 22.6 Å². The molecule has 0 radical (unpaired) electrons. The molecule has 0 spiro atoms. The van der Waals surface area contributed by atoms with E-state index in [9.17, 15) is 14.7 Å². The fourth-order valence-corrected chi connectivity index (χ4v) is 3.67. The minimum atomic E-state index is -0.640. The molecule has 138 valence electrons. The summed E-state index contributed by atoms with van der Waals surface area (Å²) >= 11 is 0. The van der Waals surface area contributed by atoms with Crippen LogP contribution in [0.4, 0.5) is 0 Å². The summed E-state index contributed by atoms with van der Waals surface area (Å²) in [7, 11) is 0. The number of carboxylic acids is 1. The average molecular weight is 346 g/mol. The molecule has 4 heteroatoms. The third-order valence-corrected chi connectivity index (χ3v) is 5.00. The number of unbranched alkanes of at least 4 members (excludes halogenated alkanes) is 1. The molecule has 1 aromatic rings. The van der Waals surface area contributed by atoms with Crippen LogP contribution in [0.1, 0.15) is 81.6 Å². The Hall–Kier alpha value is -1.84. The van der Waals surface area contributed by atoms with Gasteiger partial charge in [-0.2, -0.15) is 0 Å². The molecule has 0 bridgehead atoms. The Kier molecular flexibility index (Phi) is 6.26. The first-order valence-corrected chi connectivity index (χ1v) is 9.28. The lowest BCUT2D eigenvalue weighted by atomic mass is 9.81. The summed E-state index contributed by atoms with van der Waals surface area (Å²) in [5.74, 6) is -0.931. The third-order valence-electron chi connectivity index (χ3n) is 5.00. The first-order valence-electron chi connectivity index (χ1n) is 9.28. The smallest absolute Gasteiger partial charge is 0.338 e. The fourth-order valence-electron chi connectivity index (χ4n) is 3.67. The Morgan fingerprint density at radius 1 is 1.12 bits per heavy atom. The Morgan fingerprint density at radius 3 is 2.36 bits per heavy atom. The Balaban J connectivity index is 1.93. The highest BCUT2D eigenvalue weighted by atomic mass is 16.6. The number of rotatable bonds is 7. The van der Waals surface area contributed by atoms with E-state index in [4.69, 9.17) is 4.74 Å². The molecular weight excluding hydrogens is 316 g/mol. The first kappa shape index (κ1) is 19.5.